The second-order valence-corrected chi connectivity index (χ2v) is 2.24. The van der Waals surface area contributed by atoms with E-state index in [2.05, 4.69) is 0 Å². The van der Waals surface area contributed by atoms with Gasteiger partial charge in [-0.15, -0.1) is 0 Å². The molecule has 0 amide bonds. The van der Waals surface area contributed by atoms with Crippen molar-refractivity contribution < 1.29 is 14.9 Å². The molecule has 3 heteroatoms. The average molecular weight is 147 g/mol. The van der Waals surface area contributed by atoms with Crippen LogP contribution in [0, 0.1) is 0 Å². The van der Waals surface area contributed by atoms with Crippen LogP contribution < -0.4 is 0 Å². The average Bonchev–Trinajstić information content (AvgIpc) is 1.99. The second-order valence-electron chi connectivity index (χ2n) is 2.24. The topological polar surface area (TPSA) is 49.4 Å². The summed E-state index contributed by atoms with van der Waals surface area (Å²) in [5, 5.41) is 19.3. The molecule has 0 saturated carbocycles. The van der Waals surface area contributed by atoms with Crippen molar-refractivity contribution in [2.45, 2.75) is 32.0 Å². The Hall–Kier alpha value is -0.120. The summed E-state index contributed by atoms with van der Waals surface area (Å²) in [5.74, 6) is 0. The zero-order chi connectivity index (χ0) is 7.98. The second kappa shape index (κ2) is 5.65. The van der Waals surface area contributed by atoms with Gasteiger partial charge >= 0.3 is 0 Å². The largest absolute Gasteiger partial charge is 0.390 e. The number of rotatable bonds is 5. The third-order valence-corrected chi connectivity index (χ3v) is 1.55. The fourth-order valence-corrected chi connectivity index (χ4v) is 0.846. The van der Waals surface area contributed by atoms with Crippen LogP contribution in [-0.4, -0.2) is 31.0 Å². The molecule has 0 aromatic heterocycles. The van der Waals surface area contributed by atoms with E-state index in [-0.39, 0.29) is 12.7 Å². The van der Waals surface area contributed by atoms with E-state index in [0.717, 1.165) is 0 Å². The molecule has 0 spiro atoms. The number of hydrogen-bond acceptors (Lipinski definition) is 2. The zero-order valence-corrected chi connectivity index (χ0v) is 6.54. The van der Waals surface area contributed by atoms with Crippen molar-refractivity contribution in [3.8, 4) is 0 Å². The monoisotopic (exact) mass is 147 g/mol. The van der Waals surface area contributed by atoms with Crippen molar-refractivity contribution in [2.24, 2.45) is 0 Å². The highest BCUT2D eigenvalue weighted by Gasteiger charge is 2.15. The van der Waals surface area contributed by atoms with Crippen LogP contribution in [0.4, 0.5) is 0 Å². The molecule has 2 atom stereocenters. The van der Waals surface area contributed by atoms with Gasteiger partial charge in [0.05, 0.1) is 18.8 Å². The molecule has 0 rings (SSSR count). The summed E-state index contributed by atoms with van der Waals surface area (Å²) < 4.78 is 4.89. The summed E-state index contributed by atoms with van der Waals surface area (Å²) in [4.78, 5) is 0. The van der Waals surface area contributed by atoms with Crippen LogP contribution in [0.15, 0.2) is 0 Å². The Balaban J connectivity index is 3.56. The first kappa shape index (κ1) is 9.88. The van der Waals surface area contributed by atoms with E-state index >= 15 is 0 Å². The molecule has 0 aliphatic carbocycles. The van der Waals surface area contributed by atoms with Crippen molar-refractivity contribution in [2.75, 3.05) is 13.7 Å². The van der Waals surface area contributed by atoms with Gasteiger partial charge in [-0.05, 0) is 6.42 Å². The molecule has 1 radical (unpaired) electrons. The molecule has 2 unspecified atom stereocenters. The first-order chi connectivity index (χ1) is 4.76. The smallest absolute Gasteiger partial charge is 0.0853 e. The fourth-order valence-electron chi connectivity index (χ4n) is 0.846. The highest BCUT2D eigenvalue weighted by atomic mass is 16.5. The van der Waals surface area contributed by atoms with Gasteiger partial charge in [0.2, 0.25) is 0 Å². The Kier molecular flexibility index (Phi) is 5.58. The van der Waals surface area contributed by atoms with E-state index in [9.17, 15) is 10.2 Å². The van der Waals surface area contributed by atoms with Gasteiger partial charge in [-0.2, -0.15) is 0 Å². The highest BCUT2D eigenvalue weighted by molar-refractivity contribution is 4.65. The van der Waals surface area contributed by atoms with Gasteiger partial charge in [-0.3, -0.25) is 0 Å². The standard InChI is InChI=1S/C7H15O3/c1-3-6(9)7(10-2)4-5-8/h6-7,9H,3-5H2,1-2H3. The summed E-state index contributed by atoms with van der Waals surface area (Å²) in [6.45, 7) is 1.68. The molecule has 0 aliphatic heterocycles. The number of aliphatic hydroxyl groups is 1. The summed E-state index contributed by atoms with van der Waals surface area (Å²) in [6, 6.07) is 0. The summed E-state index contributed by atoms with van der Waals surface area (Å²) >= 11 is 0. The van der Waals surface area contributed by atoms with Crippen molar-refractivity contribution in [1.29, 1.82) is 0 Å². The zero-order valence-electron chi connectivity index (χ0n) is 6.54. The van der Waals surface area contributed by atoms with Crippen LogP contribution in [0.2, 0.25) is 0 Å². The van der Waals surface area contributed by atoms with E-state index in [1.165, 1.54) is 7.11 Å². The lowest BCUT2D eigenvalue weighted by Gasteiger charge is -2.18. The SMILES string of the molecule is CCC(O)C(CC[O])OC. The van der Waals surface area contributed by atoms with Gasteiger partial charge in [0.15, 0.2) is 0 Å². The van der Waals surface area contributed by atoms with Gasteiger partial charge in [-0.1, -0.05) is 6.92 Å². The normalized spacial score (nSPS) is 16.8. The van der Waals surface area contributed by atoms with E-state index in [0.29, 0.717) is 12.8 Å². The molecular formula is C7H15O3. The molecule has 1 N–H and O–H groups in total. The Morgan fingerprint density at radius 2 is 2.20 bits per heavy atom. The molecule has 0 bridgehead atoms. The lowest BCUT2D eigenvalue weighted by molar-refractivity contribution is -0.0301. The molecular weight excluding hydrogens is 132 g/mol. The van der Waals surface area contributed by atoms with Gasteiger partial charge < -0.3 is 9.84 Å². The van der Waals surface area contributed by atoms with Crippen LogP contribution in [-0.2, 0) is 9.84 Å². The molecule has 0 fully saturated rings. The Morgan fingerprint density at radius 1 is 1.60 bits per heavy atom. The van der Waals surface area contributed by atoms with E-state index in [1.54, 1.807) is 0 Å². The van der Waals surface area contributed by atoms with Crippen molar-refractivity contribution in [3.05, 3.63) is 0 Å². The molecule has 0 aromatic rings. The van der Waals surface area contributed by atoms with Crippen LogP contribution in [0.5, 0.6) is 0 Å². The van der Waals surface area contributed by atoms with Gasteiger partial charge in [0, 0.05) is 13.5 Å². The maximum Gasteiger partial charge on any atom is 0.0853 e. The first-order valence-electron chi connectivity index (χ1n) is 3.55. The molecule has 3 nitrogen and oxygen atoms in total. The Labute approximate surface area is 61.6 Å². The summed E-state index contributed by atoms with van der Waals surface area (Å²) in [7, 11) is 1.51. The molecule has 61 valence electrons. The van der Waals surface area contributed by atoms with Crippen LogP contribution in [0.3, 0.4) is 0 Å². The minimum atomic E-state index is -0.487. The van der Waals surface area contributed by atoms with Crippen molar-refractivity contribution in [3.63, 3.8) is 0 Å². The lowest BCUT2D eigenvalue weighted by Crippen LogP contribution is -2.27. The third kappa shape index (κ3) is 3.15. The molecule has 0 aliphatic rings. The molecule has 0 aromatic carbocycles. The summed E-state index contributed by atoms with van der Waals surface area (Å²) in [5.41, 5.74) is 0. The minimum Gasteiger partial charge on any atom is -0.390 e. The maximum absolute atomic E-state index is 10.1. The third-order valence-electron chi connectivity index (χ3n) is 1.55. The maximum atomic E-state index is 10.1. The predicted octanol–water partition coefficient (Wildman–Crippen LogP) is 0.593. The number of aliphatic hydroxyl groups excluding tert-OH is 1. The predicted molar refractivity (Wildman–Crippen MR) is 37.3 cm³/mol. The lowest BCUT2D eigenvalue weighted by atomic mass is 10.1. The number of ether oxygens (including phenoxy) is 1. The van der Waals surface area contributed by atoms with Gasteiger partial charge in [0.1, 0.15) is 0 Å². The number of hydrogen-bond donors (Lipinski definition) is 1. The Morgan fingerprint density at radius 3 is 2.50 bits per heavy atom. The van der Waals surface area contributed by atoms with E-state index in [1.807, 2.05) is 6.92 Å². The minimum absolute atomic E-state index is 0.185. The quantitative estimate of drug-likeness (QED) is 0.618. The summed E-state index contributed by atoms with van der Waals surface area (Å²) in [6.07, 6.45) is 0.269. The fraction of sp³-hybridized carbons (Fsp3) is 1.00. The van der Waals surface area contributed by atoms with Crippen LogP contribution in [0.1, 0.15) is 19.8 Å². The molecule has 10 heavy (non-hydrogen) atoms. The van der Waals surface area contributed by atoms with Crippen molar-refractivity contribution in [1.82, 2.24) is 0 Å². The Bertz CT molecular complexity index is 75.3. The molecule has 0 heterocycles. The molecule has 0 saturated heterocycles. The van der Waals surface area contributed by atoms with Crippen LogP contribution >= 0.6 is 0 Å². The van der Waals surface area contributed by atoms with E-state index in [4.69, 9.17) is 4.74 Å². The van der Waals surface area contributed by atoms with Gasteiger partial charge in [0.25, 0.3) is 0 Å². The van der Waals surface area contributed by atoms with E-state index < -0.39 is 6.10 Å². The first-order valence-corrected chi connectivity index (χ1v) is 3.55. The van der Waals surface area contributed by atoms with Gasteiger partial charge in [-0.25, -0.2) is 5.11 Å². The van der Waals surface area contributed by atoms with Crippen molar-refractivity contribution >= 4 is 0 Å². The van der Waals surface area contributed by atoms with Crippen LogP contribution in [0.25, 0.3) is 0 Å². The number of methoxy groups -OCH3 is 1. The highest BCUT2D eigenvalue weighted by Crippen LogP contribution is 2.05.